The zero-order valence-corrected chi connectivity index (χ0v) is 11.4. The summed E-state index contributed by atoms with van der Waals surface area (Å²) in [5.74, 6) is 2.21. The average molecular weight is 258 g/mol. The number of anilines is 2. The molecule has 0 spiro atoms. The van der Waals surface area contributed by atoms with Gasteiger partial charge in [-0.2, -0.15) is 0 Å². The number of ether oxygens (including phenoxy) is 1. The summed E-state index contributed by atoms with van der Waals surface area (Å²) in [5, 5.41) is 0. The molecule has 2 rings (SSSR count). The average Bonchev–Trinajstić information content (AvgIpc) is 2.42. The van der Waals surface area contributed by atoms with Gasteiger partial charge in [-0.3, -0.25) is 0 Å². The Labute approximate surface area is 113 Å². The first-order valence-electron chi connectivity index (χ1n) is 6.03. The predicted molar refractivity (Wildman–Crippen MR) is 76.3 cm³/mol. The summed E-state index contributed by atoms with van der Waals surface area (Å²) >= 11 is 0. The maximum atomic E-state index is 5.80. The largest absolute Gasteiger partial charge is 0.497 e. The van der Waals surface area contributed by atoms with Gasteiger partial charge in [0.1, 0.15) is 23.7 Å². The Morgan fingerprint density at radius 1 is 1.32 bits per heavy atom. The van der Waals surface area contributed by atoms with Crippen LogP contribution in [0, 0.1) is 6.92 Å². The Bertz CT molecular complexity index is 571. The van der Waals surface area contributed by atoms with E-state index >= 15 is 0 Å². The van der Waals surface area contributed by atoms with E-state index in [1.807, 2.05) is 37.1 Å². The lowest BCUT2D eigenvalue weighted by Gasteiger charge is -2.20. The lowest BCUT2D eigenvalue weighted by Crippen LogP contribution is -2.19. The molecule has 0 radical (unpaired) electrons. The summed E-state index contributed by atoms with van der Waals surface area (Å²) in [4.78, 5) is 10.3. The van der Waals surface area contributed by atoms with E-state index in [-0.39, 0.29) is 0 Å². The number of nitrogens with zero attached hydrogens (tertiary/aromatic N) is 3. The van der Waals surface area contributed by atoms with Crippen molar-refractivity contribution in [2.24, 2.45) is 0 Å². The van der Waals surface area contributed by atoms with E-state index in [1.165, 1.54) is 6.33 Å². The predicted octanol–water partition coefficient (Wildman–Crippen LogP) is 2.01. The summed E-state index contributed by atoms with van der Waals surface area (Å²) < 4.78 is 5.22. The van der Waals surface area contributed by atoms with E-state index < -0.39 is 0 Å². The first-order chi connectivity index (χ1) is 9.11. The van der Waals surface area contributed by atoms with Crippen LogP contribution in [0.15, 0.2) is 30.6 Å². The second kappa shape index (κ2) is 5.56. The van der Waals surface area contributed by atoms with Crippen molar-refractivity contribution in [3.63, 3.8) is 0 Å². The Kier molecular flexibility index (Phi) is 3.85. The zero-order valence-electron chi connectivity index (χ0n) is 11.4. The van der Waals surface area contributed by atoms with Crippen molar-refractivity contribution in [3.05, 3.63) is 41.7 Å². The summed E-state index contributed by atoms with van der Waals surface area (Å²) in [5.41, 5.74) is 7.85. The SMILES string of the molecule is COc1cccc(CN(C)c2ncnc(N)c2C)c1. The van der Waals surface area contributed by atoms with Crippen LogP contribution in [0.5, 0.6) is 5.75 Å². The summed E-state index contributed by atoms with van der Waals surface area (Å²) in [7, 11) is 3.65. The molecule has 100 valence electrons. The molecule has 0 aliphatic heterocycles. The number of benzene rings is 1. The number of aromatic nitrogens is 2. The van der Waals surface area contributed by atoms with Crippen LogP contribution < -0.4 is 15.4 Å². The molecule has 0 aliphatic rings. The van der Waals surface area contributed by atoms with Crippen LogP contribution in [0.4, 0.5) is 11.6 Å². The van der Waals surface area contributed by atoms with Gasteiger partial charge in [0.2, 0.25) is 0 Å². The van der Waals surface area contributed by atoms with Crippen LogP contribution in [0.1, 0.15) is 11.1 Å². The van der Waals surface area contributed by atoms with Gasteiger partial charge in [-0.25, -0.2) is 9.97 Å². The summed E-state index contributed by atoms with van der Waals surface area (Å²) in [6.45, 7) is 2.65. The molecule has 2 aromatic rings. The van der Waals surface area contributed by atoms with Crippen LogP contribution in [0.2, 0.25) is 0 Å². The third-order valence-electron chi connectivity index (χ3n) is 3.01. The normalized spacial score (nSPS) is 10.3. The second-order valence-electron chi connectivity index (χ2n) is 4.42. The second-order valence-corrected chi connectivity index (χ2v) is 4.42. The van der Waals surface area contributed by atoms with Gasteiger partial charge in [0, 0.05) is 19.2 Å². The monoisotopic (exact) mass is 258 g/mol. The highest BCUT2D eigenvalue weighted by Gasteiger charge is 2.10. The van der Waals surface area contributed by atoms with Gasteiger partial charge < -0.3 is 15.4 Å². The molecular weight excluding hydrogens is 240 g/mol. The van der Waals surface area contributed by atoms with Crippen molar-refractivity contribution in [2.75, 3.05) is 24.8 Å². The maximum Gasteiger partial charge on any atom is 0.137 e. The number of hydrogen-bond donors (Lipinski definition) is 1. The van der Waals surface area contributed by atoms with E-state index in [1.54, 1.807) is 7.11 Å². The van der Waals surface area contributed by atoms with E-state index in [0.717, 1.165) is 29.2 Å². The van der Waals surface area contributed by atoms with Crippen LogP contribution in [-0.4, -0.2) is 24.1 Å². The van der Waals surface area contributed by atoms with Gasteiger partial charge in [-0.1, -0.05) is 12.1 Å². The van der Waals surface area contributed by atoms with Crippen molar-refractivity contribution in [2.45, 2.75) is 13.5 Å². The summed E-state index contributed by atoms with van der Waals surface area (Å²) in [6.07, 6.45) is 1.49. The van der Waals surface area contributed by atoms with Crippen molar-refractivity contribution in [3.8, 4) is 5.75 Å². The smallest absolute Gasteiger partial charge is 0.137 e. The fourth-order valence-corrected chi connectivity index (χ4v) is 1.96. The highest BCUT2D eigenvalue weighted by atomic mass is 16.5. The lowest BCUT2D eigenvalue weighted by molar-refractivity contribution is 0.414. The molecule has 0 unspecified atom stereocenters. The highest BCUT2D eigenvalue weighted by Crippen LogP contribution is 2.21. The fraction of sp³-hybridized carbons (Fsp3) is 0.286. The topological polar surface area (TPSA) is 64.3 Å². The van der Waals surface area contributed by atoms with Crippen LogP contribution in [-0.2, 0) is 6.54 Å². The first-order valence-corrected chi connectivity index (χ1v) is 6.03. The standard InChI is InChI=1S/C14H18N4O/c1-10-13(15)16-9-17-14(10)18(2)8-11-5-4-6-12(7-11)19-3/h4-7,9H,8H2,1-3H3,(H2,15,16,17). The molecule has 0 aliphatic carbocycles. The van der Waals surface area contributed by atoms with Gasteiger partial charge in [-0.05, 0) is 24.6 Å². The van der Waals surface area contributed by atoms with E-state index in [4.69, 9.17) is 10.5 Å². The van der Waals surface area contributed by atoms with Crippen molar-refractivity contribution < 1.29 is 4.74 Å². The molecule has 0 amide bonds. The fourth-order valence-electron chi connectivity index (χ4n) is 1.96. The van der Waals surface area contributed by atoms with Crippen molar-refractivity contribution in [1.29, 1.82) is 0 Å². The van der Waals surface area contributed by atoms with Gasteiger partial charge in [0.15, 0.2) is 0 Å². The number of methoxy groups -OCH3 is 1. The molecule has 0 bridgehead atoms. The Hall–Kier alpha value is -2.30. The van der Waals surface area contributed by atoms with E-state index in [2.05, 4.69) is 16.0 Å². The van der Waals surface area contributed by atoms with Gasteiger partial charge >= 0.3 is 0 Å². The number of hydrogen-bond acceptors (Lipinski definition) is 5. The highest BCUT2D eigenvalue weighted by molar-refractivity contribution is 5.55. The van der Waals surface area contributed by atoms with Crippen LogP contribution in [0.25, 0.3) is 0 Å². The molecule has 5 heteroatoms. The third-order valence-corrected chi connectivity index (χ3v) is 3.01. The first kappa shape index (κ1) is 13.1. The van der Waals surface area contributed by atoms with Crippen molar-refractivity contribution >= 4 is 11.6 Å². The van der Waals surface area contributed by atoms with Crippen molar-refractivity contribution in [1.82, 2.24) is 9.97 Å². The third kappa shape index (κ3) is 2.93. The molecule has 19 heavy (non-hydrogen) atoms. The maximum absolute atomic E-state index is 5.80. The number of nitrogen functional groups attached to an aromatic ring is 1. The number of rotatable bonds is 4. The number of nitrogens with two attached hydrogens (primary N) is 1. The Balaban J connectivity index is 2.20. The Morgan fingerprint density at radius 3 is 2.84 bits per heavy atom. The minimum absolute atomic E-state index is 0.516. The molecule has 1 aromatic heterocycles. The molecule has 1 heterocycles. The van der Waals surface area contributed by atoms with Crippen LogP contribution >= 0.6 is 0 Å². The minimum atomic E-state index is 0.516. The quantitative estimate of drug-likeness (QED) is 0.908. The van der Waals surface area contributed by atoms with E-state index in [9.17, 15) is 0 Å². The lowest BCUT2D eigenvalue weighted by atomic mass is 10.2. The van der Waals surface area contributed by atoms with Crippen LogP contribution in [0.3, 0.4) is 0 Å². The Morgan fingerprint density at radius 2 is 2.11 bits per heavy atom. The molecule has 2 N–H and O–H groups in total. The molecule has 5 nitrogen and oxygen atoms in total. The molecule has 0 atom stereocenters. The van der Waals surface area contributed by atoms with Gasteiger partial charge in [0.05, 0.1) is 7.11 Å². The molecule has 0 saturated carbocycles. The minimum Gasteiger partial charge on any atom is -0.497 e. The molecule has 1 aromatic carbocycles. The summed E-state index contributed by atoms with van der Waals surface area (Å²) in [6, 6.07) is 7.97. The van der Waals surface area contributed by atoms with Gasteiger partial charge in [-0.15, -0.1) is 0 Å². The van der Waals surface area contributed by atoms with Gasteiger partial charge in [0.25, 0.3) is 0 Å². The van der Waals surface area contributed by atoms with E-state index in [0.29, 0.717) is 5.82 Å². The molecule has 0 saturated heterocycles. The molecule has 0 fully saturated rings. The molecular formula is C14H18N4O. The zero-order chi connectivity index (χ0) is 13.8.